The third-order valence-electron chi connectivity index (χ3n) is 7.58. The number of rotatable bonds is 9. The fourth-order valence-electron chi connectivity index (χ4n) is 2.62. The van der Waals surface area contributed by atoms with E-state index < -0.39 is 16.6 Å². The summed E-state index contributed by atoms with van der Waals surface area (Å²) >= 11 is 23.5. The lowest BCUT2D eigenvalue weighted by atomic mass is 10.0. The van der Waals surface area contributed by atoms with Gasteiger partial charge in [-0.1, -0.05) is 94.5 Å². The predicted molar refractivity (Wildman–Crippen MR) is 174 cm³/mol. The van der Waals surface area contributed by atoms with Crippen molar-refractivity contribution in [3.05, 3.63) is 62.6 Å². The van der Waals surface area contributed by atoms with E-state index in [0.717, 1.165) is 16.7 Å². The van der Waals surface area contributed by atoms with Gasteiger partial charge in [-0.05, 0) is 65.1 Å². The van der Waals surface area contributed by atoms with Crippen LogP contribution in [0.5, 0.6) is 0 Å². The maximum absolute atomic E-state index is 9.57. The Morgan fingerprint density at radius 2 is 1.31 bits per heavy atom. The summed E-state index contributed by atoms with van der Waals surface area (Å²) in [5, 5.41) is 11.3. The fourth-order valence-corrected chi connectivity index (χ4v) is 5.19. The van der Waals surface area contributed by atoms with E-state index in [0.29, 0.717) is 28.4 Å². The molecular weight excluding hydrogens is 610 g/mol. The molecule has 2 aromatic heterocycles. The van der Waals surface area contributed by atoms with E-state index in [-0.39, 0.29) is 27.8 Å². The summed E-state index contributed by atoms with van der Waals surface area (Å²) in [7, 11) is -3.60. The molecule has 2 rings (SSSR count). The predicted octanol–water partition coefficient (Wildman–Crippen LogP) is 9.91. The Bertz CT molecular complexity index is 1120. The molecule has 0 aliphatic carbocycles. The molecule has 1 unspecified atom stereocenters. The van der Waals surface area contributed by atoms with Crippen molar-refractivity contribution in [3.8, 4) is 0 Å². The minimum absolute atomic E-state index is 0.00569. The number of hydrogen-bond acceptors (Lipinski definition) is 5. The number of aliphatic hydroxyl groups excluding tert-OH is 1. The summed E-state index contributed by atoms with van der Waals surface area (Å²) in [5.74, 6) is -0.133. The Labute approximate surface area is 257 Å². The molecule has 0 saturated heterocycles. The summed E-state index contributed by atoms with van der Waals surface area (Å²) in [4.78, 5) is 8.04. The van der Waals surface area contributed by atoms with Crippen LogP contribution in [-0.4, -0.2) is 51.5 Å². The Hall–Kier alpha value is -0.486. The molecule has 0 amide bonds. The average Bonchev–Trinajstić information content (AvgIpc) is 2.80. The molecule has 0 saturated carbocycles. The highest BCUT2D eigenvalue weighted by Gasteiger charge is 2.38. The minimum atomic E-state index is -1.83. The highest BCUT2D eigenvalue weighted by atomic mass is 35.5. The van der Waals surface area contributed by atoms with Gasteiger partial charge in [0.05, 0.1) is 23.3 Å². The number of pyridine rings is 2. The van der Waals surface area contributed by atoms with Crippen LogP contribution in [0.4, 0.5) is 0 Å². The van der Waals surface area contributed by atoms with Crippen molar-refractivity contribution in [1.29, 1.82) is 0 Å². The van der Waals surface area contributed by atoms with E-state index in [1.54, 1.807) is 24.5 Å². The normalized spacial score (nSPS) is 13.5. The van der Waals surface area contributed by atoms with Crippen LogP contribution in [0.25, 0.3) is 5.57 Å². The van der Waals surface area contributed by atoms with Gasteiger partial charge in [0, 0.05) is 24.9 Å². The summed E-state index contributed by atoms with van der Waals surface area (Å²) < 4.78 is 12.3. The van der Waals surface area contributed by atoms with E-state index in [1.807, 2.05) is 0 Å². The molecular formula is C28H44Cl4N2O3Si2. The van der Waals surface area contributed by atoms with Gasteiger partial charge in [-0.25, -0.2) is 9.97 Å². The van der Waals surface area contributed by atoms with Crippen molar-refractivity contribution in [1.82, 2.24) is 9.97 Å². The van der Waals surface area contributed by atoms with Gasteiger partial charge in [0.1, 0.15) is 10.3 Å². The molecule has 0 spiro atoms. The summed E-state index contributed by atoms with van der Waals surface area (Å²) in [6, 6.07) is 3.51. The molecule has 11 heteroatoms. The van der Waals surface area contributed by atoms with Gasteiger partial charge in [-0.15, -0.1) is 0 Å². The van der Waals surface area contributed by atoms with E-state index in [1.165, 1.54) is 0 Å². The first-order valence-electron chi connectivity index (χ1n) is 12.8. The minimum Gasteiger partial charge on any atom is -0.416 e. The van der Waals surface area contributed by atoms with Crippen LogP contribution in [0, 0.1) is 0 Å². The second-order valence-electron chi connectivity index (χ2n) is 12.6. The van der Waals surface area contributed by atoms with Gasteiger partial charge in [-0.2, -0.15) is 0 Å². The Morgan fingerprint density at radius 3 is 1.74 bits per heavy atom. The molecule has 0 radical (unpaired) electrons. The van der Waals surface area contributed by atoms with Crippen molar-refractivity contribution in [3.63, 3.8) is 0 Å². The molecule has 39 heavy (non-hydrogen) atoms. The molecule has 220 valence electrons. The smallest absolute Gasteiger partial charge is 0.192 e. The molecule has 1 N–H and O–H groups in total. The van der Waals surface area contributed by atoms with Gasteiger partial charge >= 0.3 is 0 Å². The summed E-state index contributed by atoms with van der Waals surface area (Å²) in [5.41, 5.74) is 2.59. The van der Waals surface area contributed by atoms with Crippen molar-refractivity contribution < 1.29 is 14.0 Å². The lowest BCUT2D eigenvalue weighted by Crippen LogP contribution is -2.42. The monoisotopic (exact) mass is 652 g/mol. The Balaban J connectivity index is 0.000000391. The lowest BCUT2D eigenvalue weighted by molar-refractivity contribution is 0.194. The second kappa shape index (κ2) is 14.6. The third kappa shape index (κ3) is 11.0. The largest absolute Gasteiger partial charge is 0.416 e. The van der Waals surface area contributed by atoms with Crippen LogP contribution >= 0.6 is 46.4 Å². The van der Waals surface area contributed by atoms with Crippen LogP contribution in [0.2, 0.25) is 56.6 Å². The van der Waals surface area contributed by atoms with Gasteiger partial charge in [0.15, 0.2) is 16.6 Å². The molecule has 2 aromatic rings. The fraction of sp³-hybridized carbons (Fsp3) is 0.571. The molecule has 0 aromatic carbocycles. The van der Waals surface area contributed by atoms with Crippen molar-refractivity contribution in [2.75, 3.05) is 19.8 Å². The molecule has 0 fully saturated rings. The lowest BCUT2D eigenvalue weighted by Gasteiger charge is -2.37. The van der Waals surface area contributed by atoms with Crippen molar-refractivity contribution in [2.24, 2.45) is 0 Å². The average molecular weight is 655 g/mol. The number of aliphatic hydroxyl groups is 1. The molecule has 2 heterocycles. The van der Waals surface area contributed by atoms with Gasteiger partial charge in [0.25, 0.3) is 0 Å². The molecule has 0 aliphatic heterocycles. The molecule has 5 nitrogen and oxygen atoms in total. The highest BCUT2D eigenvalue weighted by molar-refractivity contribution is 6.74. The SMILES string of the molecule is C=C(CO[Si](C)(C)C(C)(C)C)c1cnc(Cl)c(Cl)c1.CC(C)(C)[Si](C)(C)OCC(CO)c1cnc(Cl)c(Cl)c1. The van der Waals surface area contributed by atoms with Crippen LogP contribution in [0.1, 0.15) is 58.6 Å². The van der Waals surface area contributed by atoms with Crippen molar-refractivity contribution >= 4 is 68.6 Å². The number of hydrogen-bond donors (Lipinski definition) is 1. The quantitative estimate of drug-likeness (QED) is 0.215. The summed E-state index contributed by atoms with van der Waals surface area (Å²) in [6.07, 6.45) is 3.32. The van der Waals surface area contributed by atoms with Crippen molar-refractivity contribution in [2.45, 2.75) is 83.7 Å². The zero-order valence-electron chi connectivity index (χ0n) is 24.9. The molecule has 1 atom stereocenters. The van der Waals surface area contributed by atoms with Gasteiger partial charge < -0.3 is 14.0 Å². The zero-order valence-corrected chi connectivity index (χ0v) is 29.9. The Morgan fingerprint density at radius 1 is 0.846 bits per heavy atom. The van der Waals surface area contributed by atoms with E-state index in [9.17, 15) is 5.11 Å². The topological polar surface area (TPSA) is 64.5 Å². The zero-order chi connectivity index (χ0) is 30.4. The van der Waals surface area contributed by atoms with E-state index in [2.05, 4.69) is 84.3 Å². The van der Waals surface area contributed by atoms with Crippen LogP contribution in [0.3, 0.4) is 0 Å². The maximum Gasteiger partial charge on any atom is 0.192 e. The first-order valence-corrected chi connectivity index (χ1v) is 20.1. The van der Waals surface area contributed by atoms with E-state index in [4.69, 9.17) is 55.3 Å². The van der Waals surface area contributed by atoms with Gasteiger partial charge in [-0.3, -0.25) is 0 Å². The van der Waals surface area contributed by atoms with Crippen LogP contribution in [-0.2, 0) is 8.85 Å². The maximum atomic E-state index is 9.57. The van der Waals surface area contributed by atoms with Crippen LogP contribution < -0.4 is 0 Å². The van der Waals surface area contributed by atoms with Gasteiger partial charge in [0.2, 0.25) is 0 Å². The second-order valence-corrected chi connectivity index (χ2v) is 23.8. The summed E-state index contributed by atoms with van der Waals surface area (Å²) in [6.45, 7) is 27.0. The molecule has 0 bridgehead atoms. The molecule has 0 aliphatic rings. The third-order valence-corrected chi connectivity index (χ3v) is 17.9. The number of halogens is 4. The highest BCUT2D eigenvalue weighted by Crippen LogP contribution is 2.38. The first-order chi connectivity index (χ1) is 17.6. The van der Waals surface area contributed by atoms with Crippen LogP contribution in [0.15, 0.2) is 31.1 Å². The number of nitrogens with zero attached hydrogens (tertiary/aromatic N) is 2. The van der Waals surface area contributed by atoms with E-state index >= 15 is 0 Å². The standard InChI is InChI=1S/C14H23Cl2NO2Si.C14H21Cl2NOSi/c1-14(2,3)20(4,5)19-9-11(8-18)10-6-12(15)13(16)17-7-10;1-10(9-18-19(5,6)14(2,3)4)11-7-12(15)13(16)17-8-11/h6-7,11,18H,8-9H2,1-5H3;7-8H,1,9H2,2-6H3. The number of aromatic nitrogens is 2. The first kappa shape index (κ1) is 36.5. The Kier molecular flexibility index (Phi) is 13.7.